The molecule has 0 fully saturated rings. The molecule has 1 atom stereocenters. The van der Waals surface area contributed by atoms with E-state index in [9.17, 15) is 9.59 Å². The number of nitrogens with zero attached hydrogens (tertiary/aromatic N) is 1. The van der Waals surface area contributed by atoms with Crippen LogP contribution in [0.25, 0.3) is 11.1 Å². The Morgan fingerprint density at radius 1 is 1.03 bits per heavy atom. The van der Waals surface area contributed by atoms with Gasteiger partial charge in [-0.3, -0.25) is 9.69 Å². The van der Waals surface area contributed by atoms with E-state index in [1.807, 2.05) is 37.3 Å². The summed E-state index contributed by atoms with van der Waals surface area (Å²) in [6.45, 7) is 7.35. The van der Waals surface area contributed by atoms with Crippen LogP contribution in [0.2, 0.25) is 10.0 Å². The Labute approximate surface area is 188 Å². The zero-order valence-electron chi connectivity index (χ0n) is 18.0. The molecule has 2 aromatic carbocycles. The van der Waals surface area contributed by atoms with E-state index in [0.717, 1.165) is 17.5 Å². The van der Waals surface area contributed by atoms with Gasteiger partial charge in [-0.1, -0.05) is 54.7 Å². The summed E-state index contributed by atoms with van der Waals surface area (Å²) in [7, 11) is 1.58. The fourth-order valence-corrected chi connectivity index (χ4v) is 3.18. The van der Waals surface area contributed by atoms with E-state index >= 15 is 0 Å². The summed E-state index contributed by atoms with van der Waals surface area (Å²) >= 11 is 12.1. The lowest BCUT2D eigenvalue weighted by molar-refractivity contribution is -0.121. The number of carbonyl (C=O) groups excluding carboxylic acids is 2. The maximum atomic E-state index is 12.9. The second-order valence-corrected chi connectivity index (χ2v) is 8.91. The zero-order chi connectivity index (χ0) is 22.5. The zero-order valence-corrected chi connectivity index (χ0v) is 19.5. The number of benzene rings is 2. The van der Waals surface area contributed by atoms with Crippen LogP contribution in [0.1, 0.15) is 40.5 Å². The van der Waals surface area contributed by atoms with Crippen molar-refractivity contribution in [3.8, 4) is 11.1 Å². The summed E-state index contributed by atoms with van der Waals surface area (Å²) in [6.07, 6.45) is 0.760. The Morgan fingerprint density at radius 3 is 2.17 bits per heavy atom. The second kappa shape index (κ2) is 10.2. The van der Waals surface area contributed by atoms with Crippen molar-refractivity contribution >= 4 is 40.9 Å². The van der Waals surface area contributed by atoms with Crippen LogP contribution in [-0.4, -0.2) is 35.6 Å². The van der Waals surface area contributed by atoms with Gasteiger partial charge in [0.2, 0.25) is 5.91 Å². The average molecular weight is 451 g/mol. The van der Waals surface area contributed by atoms with Gasteiger partial charge in [0.05, 0.1) is 10.0 Å². The van der Waals surface area contributed by atoms with Gasteiger partial charge in [0.15, 0.2) is 0 Å². The van der Waals surface area contributed by atoms with Crippen molar-refractivity contribution in [1.29, 1.82) is 0 Å². The third-order valence-corrected chi connectivity index (χ3v) is 5.16. The molecular weight excluding hydrogens is 423 g/mol. The second-order valence-electron chi connectivity index (χ2n) is 8.09. The molecule has 0 heterocycles. The Hall–Kier alpha value is -2.24. The summed E-state index contributed by atoms with van der Waals surface area (Å²) in [5.74, 6) is -0.257. The molecule has 2 amide bonds. The number of nitrogens with one attached hydrogen (secondary N) is 1. The van der Waals surface area contributed by atoms with Crippen LogP contribution in [-0.2, 0) is 9.53 Å². The van der Waals surface area contributed by atoms with Crippen LogP contribution >= 0.6 is 23.2 Å². The van der Waals surface area contributed by atoms with Crippen LogP contribution in [0.15, 0.2) is 42.5 Å². The van der Waals surface area contributed by atoms with Gasteiger partial charge >= 0.3 is 6.09 Å². The van der Waals surface area contributed by atoms with E-state index in [1.54, 1.807) is 40.0 Å². The van der Waals surface area contributed by atoms with E-state index in [4.69, 9.17) is 27.9 Å². The third kappa shape index (κ3) is 6.64. The fraction of sp³-hybridized carbons (Fsp3) is 0.391. The highest BCUT2D eigenvalue weighted by atomic mass is 35.5. The maximum absolute atomic E-state index is 12.9. The van der Waals surface area contributed by atoms with Crippen molar-refractivity contribution in [1.82, 2.24) is 4.90 Å². The van der Waals surface area contributed by atoms with Gasteiger partial charge < -0.3 is 10.1 Å². The first-order valence-electron chi connectivity index (χ1n) is 9.84. The van der Waals surface area contributed by atoms with Gasteiger partial charge in [-0.15, -0.1) is 0 Å². The van der Waals surface area contributed by atoms with E-state index < -0.39 is 17.7 Å². The first-order chi connectivity index (χ1) is 14.0. The monoisotopic (exact) mass is 450 g/mol. The lowest BCUT2D eigenvalue weighted by Gasteiger charge is -2.30. The highest BCUT2D eigenvalue weighted by Crippen LogP contribution is 2.29. The third-order valence-electron chi connectivity index (χ3n) is 4.42. The largest absolute Gasteiger partial charge is 0.444 e. The normalized spacial score (nSPS) is 12.2. The smallest absolute Gasteiger partial charge is 0.410 e. The van der Waals surface area contributed by atoms with Crippen molar-refractivity contribution in [3.05, 3.63) is 52.5 Å². The average Bonchev–Trinajstić information content (AvgIpc) is 2.67. The summed E-state index contributed by atoms with van der Waals surface area (Å²) in [4.78, 5) is 26.6. The lowest BCUT2D eigenvalue weighted by Crippen LogP contribution is -2.46. The summed E-state index contributed by atoms with van der Waals surface area (Å²) < 4.78 is 5.40. The number of likely N-dealkylation sites (N-methyl/N-ethyl adjacent to an activating group) is 1. The quantitative estimate of drug-likeness (QED) is 0.536. The number of hydrogen-bond acceptors (Lipinski definition) is 3. The number of ether oxygens (including phenoxy) is 1. The van der Waals surface area contributed by atoms with Crippen LogP contribution in [0.3, 0.4) is 0 Å². The van der Waals surface area contributed by atoms with Crippen LogP contribution in [0.4, 0.5) is 10.5 Å². The SMILES string of the molecule is CCC[C@@H](C(=O)Nc1ccc(-c2ccc(Cl)c(Cl)c2)cc1)N(C)C(=O)OC(C)(C)C. The first kappa shape index (κ1) is 24.0. The molecule has 0 aliphatic carbocycles. The number of hydrogen-bond donors (Lipinski definition) is 1. The number of rotatable bonds is 6. The van der Waals surface area contributed by atoms with E-state index in [2.05, 4.69) is 5.32 Å². The minimum atomic E-state index is -0.626. The van der Waals surface area contributed by atoms with Crippen molar-refractivity contribution in [3.63, 3.8) is 0 Å². The summed E-state index contributed by atoms with van der Waals surface area (Å²) in [6, 6.07) is 12.2. The van der Waals surface area contributed by atoms with Crippen molar-refractivity contribution in [2.24, 2.45) is 0 Å². The van der Waals surface area contributed by atoms with Gasteiger partial charge in [-0.25, -0.2) is 4.79 Å². The molecule has 0 aliphatic heterocycles. The lowest BCUT2D eigenvalue weighted by atomic mass is 10.1. The maximum Gasteiger partial charge on any atom is 0.410 e. The predicted octanol–water partition coefficient (Wildman–Crippen LogP) is 6.63. The van der Waals surface area contributed by atoms with Crippen LogP contribution in [0, 0.1) is 0 Å². The van der Waals surface area contributed by atoms with Gasteiger partial charge in [-0.05, 0) is 62.6 Å². The van der Waals surface area contributed by atoms with E-state index in [0.29, 0.717) is 22.2 Å². The van der Waals surface area contributed by atoms with Crippen LogP contribution < -0.4 is 5.32 Å². The van der Waals surface area contributed by atoms with Gasteiger partial charge in [0, 0.05) is 12.7 Å². The van der Waals surface area contributed by atoms with Gasteiger partial charge in [0.1, 0.15) is 11.6 Å². The van der Waals surface area contributed by atoms with Crippen molar-refractivity contribution < 1.29 is 14.3 Å². The minimum absolute atomic E-state index is 0.257. The first-order valence-corrected chi connectivity index (χ1v) is 10.6. The molecule has 0 unspecified atom stereocenters. The molecule has 0 bridgehead atoms. The van der Waals surface area contributed by atoms with Crippen LogP contribution in [0.5, 0.6) is 0 Å². The number of anilines is 1. The standard InChI is InChI=1S/C23H28Cl2N2O3/c1-6-7-20(27(5)22(29)30-23(2,3)4)21(28)26-17-11-8-15(9-12-17)16-10-13-18(24)19(25)14-16/h8-14,20H,6-7H2,1-5H3,(H,26,28)/t20-/m0/s1. The number of halogens is 2. The highest BCUT2D eigenvalue weighted by molar-refractivity contribution is 6.42. The molecule has 2 aromatic rings. The Morgan fingerprint density at radius 2 is 1.63 bits per heavy atom. The predicted molar refractivity (Wildman–Crippen MR) is 123 cm³/mol. The van der Waals surface area contributed by atoms with Gasteiger partial charge in [-0.2, -0.15) is 0 Å². The molecule has 162 valence electrons. The molecule has 7 heteroatoms. The molecule has 0 saturated heterocycles. The Bertz CT molecular complexity index is 892. The van der Waals surface area contributed by atoms with Crippen molar-refractivity contribution in [2.45, 2.75) is 52.2 Å². The highest BCUT2D eigenvalue weighted by Gasteiger charge is 2.29. The van der Waals surface area contributed by atoms with Crippen molar-refractivity contribution in [2.75, 3.05) is 12.4 Å². The fourth-order valence-electron chi connectivity index (χ4n) is 2.88. The molecule has 30 heavy (non-hydrogen) atoms. The molecule has 0 aliphatic rings. The molecule has 0 saturated carbocycles. The Kier molecular flexibility index (Phi) is 8.16. The van der Waals surface area contributed by atoms with Gasteiger partial charge in [0.25, 0.3) is 0 Å². The summed E-state index contributed by atoms with van der Waals surface area (Å²) in [5, 5.41) is 3.87. The number of carbonyl (C=O) groups is 2. The molecular formula is C23H28Cl2N2O3. The molecule has 0 spiro atoms. The molecule has 1 N–H and O–H groups in total. The molecule has 0 radical (unpaired) electrons. The summed E-state index contributed by atoms with van der Waals surface area (Å²) in [5.41, 5.74) is 1.89. The molecule has 0 aromatic heterocycles. The topological polar surface area (TPSA) is 58.6 Å². The minimum Gasteiger partial charge on any atom is -0.444 e. The molecule has 2 rings (SSSR count). The molecule has 5 nitrogen and oxygen atoms in total. The van der Waals surface area contributed by atoms with E-state index in [-0.39, 0.29) is 5.91 Å². The number of amides is 2. The Balaban J connectivity index is 2.11. The van der Waals surface area contributed by atoms with E-state index in [1.165, 1.54) is 4.90 Å².